The van der Waals surface area contributed by atoms with Crippen LogP contribution in [0.1, 0.15) is 22.3 Å². The summed E-state index contributed by atoms with van der Waals surface area (Å²) in [4.78, 5) is 16.1. The molecule has 0 aliphatic carbocycles. The van der Waals surface area contributed by atoms with Crippen LogP contribution in [-0.4, -0.2) is 33.8 Å². The van der Waals surface area contributed by atoms with E-state index in [-0.39, 0.29) is 12.5 Å². The van der Waals surface area contributed by atoms with Crippen LogP contribution in [-0.2, 0) is 6.54 Å². The maximum atomic E-state index is 12.1. The second-order valence-electron chi connectivity index (χ2n) is 4.31. The zero-order chi connectivity index (χ0) is 14.9. The third-order valence-corrected chi connectivity index (χ3v) is 2.80. The Labute approximate surface area is 123 Å². The van der Waals surface area contributed by atoms with Gasteiger partial charge in [0, 0.05) is 37.9 Å². The zero-order valence-corrected chi connectivity index (χ0v) is 11.6. The predicted molar refractivity (Wildman–Crippen MR) is 79.3 cm³/mol. The highest BCUT2D eigenvalue weighted by Gasteiger charge is 2.09. The fourth-order valence-corrected chi connectivity index (χ4v) is 1.81. The van der Waals surface area contributed by atoms with E-state index in [4.69, 9.17) is 5.73 Å². The summed E-state index contributed by atoms with van der Waals surface area (Å²) in [5.41, 5.74) is 6.45. The Morgan fingerprint density at radius 1 is 1.43 bits per heavy atom. The van der Waals surface area contributed by atoms with Gasteiger partial charge < -0.3 is 11.1 Å². The van der Waals surface area contributed by atoms with Gasteiger partial charge in [0.05, 0.1) is 17.7 Å². The van der Waals surface area contributed by atoms with Crippen molar-refractivity contribution in [2.24, 2.45) is 5.73 Å². The minimum atomic E-state index is -0.154. The first kappa shape index (κ1) is 14.8. The van der Waals surface area contributed by atoms with E-state index >= 15 is 0 Å². The number of carbonyl (C=O) groups is 1. The normalized spacial score (nSPS) is 9.76. The van der Waals surface area contributed by atoms with Crippen LogP contribution in [0, 0.1) is 11.8 Å². The molecule has 0 aromatic carbocycles. The molecule has 21 heavy (non-hydrogen) atoms. The van der Waals surface area contributed by atoms with Gasteiger partial charge in [-0.2, -0.15) is 5.10 Å². The Balaban J connectivity index is 1.88. The van der Waals surface area contributed by atoms with Crippen LogP contribution < -0.4 is 11.1 Å². The molecule has 0 aliphatic rings. The summed E-state index contributed by atoms with van der Waals surface area (Å²) < 4.78 is 1.83. The molecular weight excluding hydrogens is 266 g/mol. The maximum Gasteiger partial charge on any atom is 0.252 e. The van der Waals surface area contributed by atoms with Gasteiger partial charge in [-0.1, -0.05) is 11.8 Å². The van der Waals surface area contributed by atoms with Crippen molar-refractivity contribution in [3.05, 3.63) is 48.0 Å². The minimum absolute atomic E-state index is 0.154. The van der Waals surface area contributed by atoms with Gasteiger partial charge in [-0.15, -0.1) is 0 Å². The largest absolute Gasteiger partial charge is 0.352 e. The van der Waals surface area contributed by atoms with Crippen molar-refractivity contribution in [3.63, 3.8) is 0 Å². The van der Waals surface area contributed by atoms with Crippen molar-refractivity contribution >= 4 is 5.91 Å². The molecule has 6 heteroatoms. The van der Waals surface area contributed by atoms with E-state index in [9.17, 15) is 4.79 Å². The standard InChI is InChI=1S/C15H17N5O/c16-6-1-4-13-12-17-9-5-14(13)15(21)18-7-2-10-20-11-3-8-19-20/h3,5,8-9,11-12H,2,6-7,10,16H2,(H,18,21). The van der Waals surface area contributed by atoms with Crippen LogP contribution in [0.3, 0.4) is 0 Å². The number of nitrogens with one attached hydrogen (secondary N) is 1. The molecule has 0 atom stereocenters. The zero-order valence-electron chi connectivity index (χ0n) is 11.6. The molecule has 0 saturated carbocycles. The van der Waals surface area contributed by atoms with Gasteiger partial charge in [0.15, 0.2) is 0 Å². The highest BCUT2D eigenvalue weighted by molar-refractivity contribution is 5.96. The van der Waals surface area contributed by atoms with Gasteiger partial charge in [0.25, 0.3) is 5.91 Å². The maximum absolute atomic E-state index is 12.1. The summed E-state index contributed by atoms with van der Waals surface area (Å²) in [6, 6.07) is 3.53. The number of carbonyl (C=O) groups excluding carboxylic acids is 1. The molecule has 6 nitrogen and oxygen atoms in total. The van der Waals surface area contributed by atoms with Crippen LogP contribution in [0.4, 0.5) is 0 Å². The quantitative estimate of drug-likeness (QED) is 0.614. The first-order valence-corrected chi connectivity index (χ1v) is 6.70. The van der Waals surface area contributed by atoms with Crippen molar-refractivity contribution in [2.75, 3.05) is 13.1 Å². The van der Waals surface area contributed by atoms with Crippen molar-refractivity contribution in [2.45, 2.75) is 13.0 Å². The van der Waals surface area contributed by atoms with E-state index in [2.05, 4.69) is 27.2 Å². The Hall–Kier alpha value is -2.65. The molecule has 0 radical (unpaired) electrons. The predicted octanol–water partition coefficient (Wildman–Crippen LogP) is 0.408. The smallest absolute Gasteiger partial charge is 0.252 e. The van der Waals surface area contributed by atoms with E-state index < -0.39 is 0 Å². The Kier molecular flexibility index (Phi) is 5.50. The molecular formula is C15H17N5O. The number of aryl methyl sites for hydroxylation is 1. The molecule has 0 fully saturated rings. The first-order valence-electron chi connectivity index (χ1n) is 6.70. The van der Waals surface area contributed by atoms with E-state index in [1.54, 1.807) is 24.7 Å². The SMILES string of the molecule is NCC#Cc1cnccc1C(=O)NCCCn1cccn1. The average Bonchev–Trinajstić information content (AvgIpc) is 3.03. The lowest BCUT2D eigenvalue weighted by Gasteiger charge is -2.07. The van der Waals surface area contributed by atoms with E-state index in [1.807, 2.05) is 16.9 Å². The van der Waals surface area contributed by atoms with Crippen molar-refractivity contribution in [3.8, 4) is 11.8 Å². The van der Waals surface area contributed by atoms with Crippen LogP contribution in [0.15, 0.2) is 36.9 Å². The Bertz CT molecular complexity index is 640. The second kappa shape index (κ2) is 7.82. The van der Waals surface area contributed by atoms with E-state index in [0.29, 0.717) is 17.7 Å². The summed E-state index contributed by atoms with van der Waals surface area (Å²) in [6.45, 7) is 1.59. The van der Waals surface area contributed by atoms with Crippen molar-refractivity contribution < 1.29 is 4.79 Å². The lowest BCUT2D eigenvalue weighted by atomic mass is 10.1. The number of aromatic nitrogens is 3. The molecule has 0 bridgehead atoms. The van der Waals surface area contributed by atoms with Crippen molar-refractivity contribution in [1.82, 2.24) is 20.1 Å². The lowest BCUT2D eigenvalue weighted by molar-refractivity contribution is 0.0952. The average molecular weight is 283 g/mol. The fraction of sp³-hybridized carbons (Fsp3) is 0.267. The molecule has 2 rings (SSSR count). The molecule has 3 N–H and O–H groups in total. The van der Waals surface area contributed by atoms with Crippen LogP contribution >= 0.6 is 0 Å². The van der Waals surface area contributed by atoms with Crippen LogP contribution in [0.5, 0.6) is 0 Å². The number of amides is 1. The summed E-state index contributed by atoms with van der Waals surface area (Å²) in [5, 5.41) is 6.98. The molecule has 0 saturated heterocycles. The van der Waals surface area contributed by atoms with Crippen LogP contribution in [0.25, 0.3) is 0 Å². The topological polar surface area (TPSA) is 85.8 Å². The number of hydrogen-bond acceptors (Lipinski definition) is 4. The van der Waals surface area contributed by atoms with Crippen molar-refractivity contribution in [1.29, 1.82) is 0 Å². The van der Waals surface area contributed by atoms with Gasteiger partial charge in [-0.3, -0.25) is 14.5 Å². The lowest BCUT2D eigenvalue weighted by Crippen LogP contribution is -2.26. The molecule has 1 amide bonds. The van der Waals surface area contributed by atoms with Gasteiger partial charge >= 0.3 is 0 Å². The summed E-state index contributed by atoms with van der Waals surface area (Å²) in [6.07, 6.45) is 7.58. The third-order valence-electron chi connectivity index (χ3n) is 2.80. The number of pyridine rings is 1. The fourth-order valence-electron chi connectivity index (χ4n) is 1.81. The third kappa shape index (κ3) is 4.44. The molecule has 0 spiro atoms. The molecule has 2 aromatic rings. The monoisotopic (exact) mass is 283 g/mol. The summed E-state index contributed by atoms with van der Waals surface area (Å²) in [7, 11) is 0. The minimum Gasteiger partial charge on any atom is -0.352 e. The van der Waals surface area contributed by atoms with Gasteiger partial charge in [-0.25, -0.2) is 0 Å². The second-order valence-corrected chi connectivity index (χ2v) is 4.31. The molecule has 0 aliphatic heterocycles. The van der Waals surface area contributed by atoms with Gasteiger partial charge in [-0.05, 0) is 18.6 Å². The molecule has 2 heterocycles. The molecule has 108 valence electrons. The first-order chi connectivity index (χ1) is 10.3. The Morgan fingerprint density at radius 3 is 3.10 bits per heavy atom. The molecule has 2 aromatic heterocycles. The Morgan fingerprint density at radius 2 is 2.33 bits per heavy atom. The van der Waals surface area contributed by atoms with E-state index in [1.165, 1.54) is 0 Å². The summed E-state index contributed by atoms with van der Waals surface area (Å²) in [5.74, 6) is 5.43. The van der Waals surface area contributed by atoms with E-state index in [0.717, 1.165) is 13.0 Å². The number of nitrogens with two attached hydrogens (primary N) is 1. The highest BCUT2D eigenvalue weighted by Crippen LogP contribution is 2.05. The number of nitrogens with zero attached hydrogens (tertiary/aromatic N) is 3. The summed E-state index contributed by atoms with van der Waals surface area (Å²) >= 11 is 0. The molecule has 0 unspecified atom stereocenters. The highest BCUT2D eigenvalue weighted by atomic mass is 16.1. The van der Waals surface area contributed by atoms with Crippen LogP contribution in [0.2, 0.25) is 0 Å². The number of rotatable bonds is 5. The van der Waals surface area contributed by atoms with Gasteiger partial charge in [0.2, 0.25) is 0 Å². The van der Waals surface area contributed by atoms with Gasteiger partial charge in [0.1, 0.15) is 0 Å². The number of hydrogen-bond donors (Lipinski definition) is 2.